The summed E-state index contributed by atoms with van der Waals surface area (Å²) >= 11 is 5.51. The zero-order valence-corrected chi connectivity index (χ0v) is 6.71. The first kappa shape index (κ1) is 7.31. The fourth-order valence-electron chi connectivity index (χ4n) is 0.986. The molecule has 0 aliphatic rings. The summed E-state index contributed by atoms with van der Waals surface area (Å²) in [4.78, 5) is 14.2. The van der Waals surface area contributed by atoms with Gasteiger partial charge < -0.3 is 4.42 Å². The van der Waals surface area contributed by atoms with Crippen LogP contribution in [0.15, 0.2) is 22.6 Å². The molecule has 0 amide bonds. The number of hydrogen-bond acceptors (Lipinski definition) is 3. The van der Waals surface area contributed by atoms with Gasteiger partial charge in [0.1, 0.15) is 11.8 Å². The van der Waals surface area contributed by atoms with Crippen molar-refractivity contribution in [2.45, 2.75) is 0 Å². The molecular formula is C8H4ClNO2. The number of oxazole rings is 1. The number of halogens is 1. The summed E-state index contributed by atoms with van der Waals surface area (Å²) < 4.78 is 5.01. The van der Waals surface area contributed by atoms with Crippen LogP contribution in [0.4, 0.5) is 0 Å². The number of hydrogen-bond donors (Lipinski definition) is 0. The molecule has 0 fully saturated rings. The fourth-order valence-corrected chi connectivity index (χ4v) is 1.16. The molecule has 12 heavy (non-hydrogen) atoms. The first-order chi connectivity index (χ1) is 5.79. The molecule has 60 valence electrons. The van der Waals surface area contributed by atoms with Gasteiger partial charge in [-0.15, -0.1) is 0 Å². The van der Waals surface area contributed by atoms with Gasteiger partial charge in [-0.3, -0.25) is 4.79 Å². The van der Waals surface area contributed by atoms with E-state index < -0.39 is 0 Å². The average Bonchev–Trinajstić information content (AvgIpc) is 2.43. The van der Waals surface area contributed by atoms with Crippen molar-refractivity contribution in [1.29, 1.82) is 0 Å². The minimum Gasteiger partial charge on any atom is -0.428 e. The van der Waals surface area contributed by atoms with Crippen molar-refractivity contribution in [3.63, 3.8) is 0 Å². The topological polar surface area (TPSA) is 43.1 Å². The van der Waals surface area contributed by atoms with Gasteiger partial charge >= 0.3 is 0 Å². The van der Waals surface area contributed by atoms with E-state index in [4.69, 9.17) is 16.0 Å². The van der Waals surface area contributed by atoms with Crippen molar-refractivity contribution in [3.05, 3.63) is 29.1 Å². The van der Waals surface area contributed by atoms with Crippen LogP contribution in [0.25, 0.3) is 11.1 Å². The maximum atomic E-state index is 10.4. The number of carbonyl (C=O) groups is 1. The average molecular weight is 182 g/mol. The van der Waals surface area contributed by atoms with E-state index in [9.17, 15) is 4.79 Å². The number of aldehydes is 1. The summed E-state index contributed by atoms with van der Waals surface area (Å²) in [6.45, 7) is 0. The number of aromatic nitrogens is 1. The second kappa shape index (κ2) is 2.60. The third-order valence-electron chi connectivity index (χ3n) is 1.52. The van der Waals surface area contributed by atoms with Crippen molar-refractivity contribution < 1.29 is 9.21 Å². The predicted octanol–water partition coefficient (Wildman–Crippen LogP) is 2.29. The molecule has 1 aromatic carbocycles. The lowest BCUT2D eigenvalue weighted by Gasteiger charge is -1.86. The fraction of sp³-hybridized carbons (Fsp3) is 0. The van der Waals surface area contributed by atoms with Crippen LogP contribution in [0.2, 0.25) is 5.35 Å². The molecule has 0 N–H and O–H groups in total. The third-order valence-corrected chi connectivity index (χ3v) is 1.68. The summed E-state index contributed by atoms with van der Waals surface area (Å²) in [5.41, 5.74) is 1.74. The van der Waals surface area contributed by atoms with Crippen molar-refractivity contribution in [1.82, 2.24) is 4.98 Å². The summed E-state index contributed by atoms with van der Waals surface area (Å²) in [5, 5.41) is 0.0908. The number of rotatable bonds is 1. The number of nitrogens with zero attached hydrogens (tertiary/aromatic N) is 1. The third kappa shape index (κ3) is 1.08. The Hall–Kier alpha value is -1.35. The maximum Gasteiger partial charge on any atom is 0.293 e. The van der Waals surface area contributed by atoms with Gasteiger partial charge in [0.05, 0.1) is 0 Å². The van der Waals surface area contributed by atoms with Gasteiger partial charge in [-0.25, -0.2) is 0 Å². The first-order valence-electron chi connectivity index (χ1n) is 3.31. The van der Waals surface area contributed by atoms with E-state index in [0.717, 1.165) is 6.29 Å². The SMILES string of the molecule is O=Cc1ccc2nc(Cl)oc2c1. The van der Waals surface area contributed by atoms with E-state index in [0.29, 0.717) is 16.7 Å². The van der Waals surface area contributed by atoms with Crippen LogP contribution in [0.1, 0.15) is 10.4 Å². The van der Waals surface area contributed by atoms with Crippen LogP contribution in [-0.2, 0) is 0 Å². The molecule has 0 saturated carbocycles. The van der Waals surface area contributed by atoms with Crippen LogP contribution in [0, 0.1) is 0 Å². The summed E-state index contributed by atoms with van der Waals surface area (Å²) in [6.07, 6.45) is 0.746. The van der Waals surface area contributed by atoms with Crippen LogP contribution in [0.5, 0.6) is 0 Å². The Morgan fingerprint density at radius 1 is 1.50 bits per heavy atom. The van der Waals surface area contributed by atoms with Crippen LogP contribution in [0.3, 0.4) is 0 Å². The zero-order valence-electron chi connectivity index (χ0n) is 5.95. The second-order valence-electron chi connectivity index (χ2n) is 2.31. The van der Waals surface area contributed by atoms with Gasteiger partial charge in [0.2, 0.25) is 0 Å². The van der Waals surface area contributed by atoms with Crippen LogP contribution in [-0.4, -0.2) is 11.3 Å². The number of benzene rings is 1. The molecular weight excluding hydrogens is 178 g/mol. The lowest BCUT2D eigenvalue weighted by molar-refractivity contribution is 0.112. The Bertz CT molecular complexity index is 436. The highest BCUT2D eigenvalue weighted by Crippen LogP contribution is 2.19. The van der Waals surface area contributed by atoms with Gasteiger partial charge in [-0.1, -0.05) is 0 Å². The van der Waals surface area contributed by atoms with Gasteiger partial charge in [0, 0.05) is 5.56 Å². The highest BCUT2D eigenvalue weighted by atomic mass is 35.5. The molecule has 1 aromatic heterocycles. The standard InChI is InChI=1S/C8H4ClNO2/c9-8-10-6-2-1-5(4-11)3-7(6)12-8/h1-4H. The smallest absolute Gasteiger partial charge is 0.293 e. The molecule has 0 atom stereocenters. The van der Waals surface area contributed by atoms with E-state index >= 15 is 0 Å². The molecule has 4 heteroatoms. The van der Waals surface area contributed by atoms with E-state index in [1.807, 2.05) is 0 Å². The molecule has 0 saturated heterocycles. The number of fused-ring (bicyclic) bond motifs is 1. The minimum atomic E-state index is 0.0908. The van der Waals surface area contributed by atoms with Gasteiger partial charge in [-0.05, 0) is 29.8 Å². The van der Waals surface area contributed by atoms with Gasteiger partial charge in [0.25, 0.3) is 5.35 Å². The lowest BCUT2D eigenvalue weighted by atomic mass is 10.2. The van der Waals surface area contributed by atoms with Gasteiger partial charge in [-0.2, -0.15) is 4.98 Å². The van der Waals surface area contributed by atoms with Crippen molar-refractivity contribution >= 4 is 29.0 Å². The number of carbonyl (C=O) groups excluding carboxylic acids is 1. The van der Waals surface area contributed by atoms with E-state index in [-0.39, 0.29) is 5.35 Å². The van der Waals surface area contributed by atoms with Crippen molar-refractivity contribution in [2.24, 2.45) is 0 Å². The molecule has 0 unspecified atom stereocenters. The van der Waals surface area contributed by atoms with Gasteiger partial charge in [0.15, 0.2) is 5.58 Å². The Kier molecular flexibility index (Phi) is 1.59. The summed E-state index contributed by atoms with van der Waals surface area (Å²) in [7, 11) is 0. The largest absolute Gasteiger partial charge is 0.428 e. The lowest BCUT2D eigenvalue weighted by Crippen LogP contribution is -1.76. The monoisotopic (exact) mass is 181 g/mol. The van der Waals surface area contributed by atoms with Crippen molar-refractivity contribution in [3.8, 4) is 0 Å². The molecule has 0 radical (unpaired) electrons. The molecule has 0 bridgehead atoms. The molecule has 2 aromatic rings. The summed E-state index contributed by atoms with van der Waals surface area (Å²) in [6, 6.07) is 4.95. The highest BCUT2D eigenvalue weighted by molar-refractivity contribution is 6.28. The van der Waals surface area contributed by atoms with E-state index in [1.54, 1.807) is 18.2 Å². The Morgan fingerprint density at radius 3 is 3.08 bits per heavy atom. The van der Waals surface area contributed by atoms with E-state index in [1.165, 1.54) is 0 Å². The second-order valence-corrected chi connectivity index (χ2v) is 2.64. The van der Waals surface area contributed by atoms with Crippen molar-refractivity contribution in [2.75, 3.05) is 0 Å². The Balaban J connectivity index is 2.74. The first-order valence-corrected chi connectivity index (χ1v) is 3.68. The quantitative estimate of drug-likeness (QED) is 0.634. The van der Waals surface area contributed by atoms with E-state index in [2.05, 4.69) is 4.98 Å². The molecule has 0 aliphatic carbocycles. The maximum absolute atomic E-state index is 10.4. The zero-order chi connectivity index (χ0) is 8.55. The molecule has 0 spiro atoms. The molecule has 3 nitrogen and oxygen atoms in total. The van der Waals surface area contributed by atoms with Crippen LogP contribution >= 0.6 is 11.6 Å². The normalized spacial score (nSPS) is 10.4. The molecule has 2 rings (SSSR count). The predicted molar refractivity (Wildman–Crippen MR) is 44.4 cm³/mol. The Morgan fingerprint density at radius 2 is 2.33 bits per heavy atom. The van der Waals surface area contributed by atoms with Crippen LogP contribution < -0.4 is 0 Å². The Labute approximate surface area is 73.0 Å². The summed E-state index contributed by atoms with van der Waals surface area (Å²) in [5.74, 6) is 0. The molecule has 1 heterocycles. The molecule has 0 aliphatic heterocycles. The highest BCUT2D eigenvalue weighted by Gasteiger charge is 2.02. The minimum absolute atomic E-state index is 0.0908.